The summed E-state index contributed by atoms with van der Waals surface area (Å²) in [5.74, 6) is 6.27. The average molecular weight is 399 g/mol. The van der Waals surface area contributed by atoms with Gasteiger partial charge in [0.25, 0.3) is 5.91 Å². The molecule has 1 atom stereocenters. The molecule has 1 amide bonds. The molecule has 1 fully saturated rings. The fourth-order valence-electron chi connectivity index (χ4n) is 3.32. The minimum absolute atomic E-state index is 0.0863. The van der Waals surface area contributed by atoms with E-state index in [0.29, 0.717) is 23.6 Å². The molecule has 7 nitrogen and oxygen atoms in total. The van der Waals surface area contributed by atoms with E-state index in [1.54, 1.807) is 30.0 Å². The van der Waals surface area contributed by atoms with Crippen molar-refractivity contribution in [1.29, 1.82) is 0 Å². The summed E-state index contributed by atoms with van der Waals surface area (Å²) in [6.07, 6.45) is 4.30. The fraction of sp³-hybridized carbons (Fsp3) is 0.174. The predicted octanol–water partition coefficient (Wildman–Crippen LogP) is 2.20. The molecule has 4 N–H and O–H groups in total. The van der Waals surface area contributed by atoms with Gasteiger partial charge in [0.05, 0.1) is 5.69 Å². The average Bonchev–Trinajstić information content (AvgIpc) is 3.24. The molecule has 0 radical (unpaired) electrons. The molecule has 4 rings (SSSR count). The molecular formula is C23H21N5O2. The summed E-state index contributed by atoms with van der Waals surface area (Å²) >= 11 is 0. The summed E-state index contributed by atoms with van der Waals surface area (Å²) in [6.45, 7) is 1.46. The zero-order chi connectivity index (χ0) is 20.9. The van der Waals surface area contributed by atoms with Crippen LogP contribution in [0.15, 0.2) is 60.9 Å². The van der Waals surface area contributed by atoms with Crippen molar-refractivity contribution in [2.45, 2.75) is 12.5 Å². The largest absolute Gasteiger partial charge is 0.355 e. The first-order valence-electron chi connectivity index (χ1n) is 9.62. The Morgan fingerprint density at radius 3 is 2.63 bits per heavy atom. The second-order valence-corrected chi connectivity index (χ2v) is 7.10. The summed E-state index contributed by atoms with van der Waals surface area (Å²) in [5, 5.41) is 9.06. The van der Waals surface area contributed by atoms with Crippen molar-refractivity contribution in [1.82, 2.24) is 15.4 Å². The van der Waals surface area contributed by atoms with Gasteiger partial charge in [0.15, 0.2) is 0 Å². The van der Waals surface area contributed by atoms with Gasteiger partial charge < -0.3 is 10.6 Å². The standard InChI is InChI=1S/C23H21N5O2/c24-20-9-11-28(15-20)22-13-19(23(29)27-30)12-21(26-22)18-7-5-16(6-8-18)3-4-17-2-1-10-25-14-17/h1-2,5-8,10,12-14,20,30H,9,11,15,24H2,(H,27,29). The van der Waals surface area contributed by atoms with Gasteiger partial charge in [-0.15, -0.1) is 0 Å². The maximum atomic E-state index is 12.0. The van der Waals surface area contributed by atoms with Gasteiger partial charge in [0.1, 0.15) is 5.82 Å². The van der Waals surface area contributed by atoms with Gasteiger partial charge in [-0.3, -0.25) is 15.0 Å². The molecule has 1 aromatic carbocycles. The van der Waals surface area contributed by atoms with Crippen molar-refractivity contribution in [2.75, 3.05) is 18.0 Å². The highest BCUT2D eigenvalue weighted by molar-refractivity contribution is 5.95. The number of amides is 1. The fourth-order valence-corrected chi connectivity index (χ4v) is 3.32. The summed E-state index contributed by atoms with van der Waals surface area (Å²) in [4.78, 5) is 22.9. The second-order valence-electron chi connectivity index (χ2n) is 7.10. The van der Waals surface area contributed by atoms with E-state index in [9.17, 15) is 4.79 Å². The molecule has 1 saturated heterocycles. The Hall–Kier alpha value is -3.73. The molecule has 1 unspecified atom stereocenters. The van der Waals surface area contributed by atoms with Gasteiger partial charge in [-0.2, -0.15) is 0 Å². The lowest BCUT2D eigenvalue weighted by Gasteiger charge is -2.19. The van der Waals surface area contributed by atoms with Crippen LogP contribution in [0.2, 0.25) is 0 Å². The Labute approximate surface area is 174 Å². The number of nitrogens with two attached hydrogens (primary N) is 1. The number of pyridine rings is 2. The van der Waals surface area contributed by atoms with Crippen LogP contribution in [-0.2, 0) is 0 Å². The topological polar surface area (TPSA) is 104 Å². The van der Waals surface area contributed by atoms with E-state index in [2.05, 4.69) is 21.7 Å². The molecule has 0 aliphatic carbocycles. The molecule has 150 valence electrons. The minimum atomic E-state index is -0.581. The third-order valence-corrected chi connectivity index (χ3v) is 4.92. The van der Waals surface area contributed by atoms with Crippen molar-refractivity contribution in [3.05, 3.63) is 77.6 Å². The van der Waals surface area contributed by atoms with Gasteiger partial charge in [-0.1, -0.05) is 24.0 Å². The van der Waals surface area contributed by atoms with Gasteiger partial charge in [-0.25, -0.2) is 10.5 Å². The number of nitrogens with one attached hydrogen (secondary N) is 1. The van der Waals surface area contributed by atoms with Gasteiger partial charge >= 0.3 is 0 Å². The van der Waals surface area contributed by atoms with Crippen molar-refractivity contribution < 1.29 is 10.0 Å². The molecule has 1 aliphatic rings. The molecule has 1 aliphatic heterocycles. The highest BCUT2D eigenvalue weighted by atomic mass is 16.5. The minimum Gasteiger partial charge on any atom is -0.355 e. The number of hydrogen-bond donors (Lipinski definition) is 3. The van der Waals surface area contributed by atoms with Crippen LogP contribution in [0.1, 0.15) is 27.9 Å². The van der Waals surface area contributed by atoms with Crippen LogP contribution in [-0.4, -0.2) is 40.2 Å². The maximum Gasteiger partial charge on any atom is 0.274 e. The van der Waals surface area contributed by atoms with Crippen LogP contribution in [0.3, 0.4) is 0 Å². The molecule has 7 heteroatoms. The quantitative estimate of drug-likeness (QED) is 0.354. The smallest absolute Gasteiger partial charge is 0.274 e. The van der Waals surface area contributed by atoms with Crippen molar-refractivity contribution >= 4 is 11.7 Å². The Morgan fingerprint density at radius 2 is 1.97 bits per heavy atom. The summed E-state index contributed by atoms with van der Waals surface area (Å²) in [7, 11) is 0. The van der Waals surface area contributed by atoms with E-state index in [1.165, 1.54) is 0 Å². The molecule has 30 heavy (non-hydrogen) atoms. The SMILES string of the molecule is NC1CCN(c2cc(C(=O)NO)cc(-c3ccc(C#Cc4cccnc4)cc3)n2)C1. The van der Waals surface area contributed by atoms with E-state index >= 15 is 0 Å². The molecule has 3 aromatic rings. The number of carbonyl (C=O) groups is 1. The Kier molecular flexibility index (Phi) is 5.70. The van der Waals surface area contributed by atoms with Crippen LogP contribution in [0.5, 0.6) is 0 Å². The van der Waals surface area contributed by atoms with E-state index in [4.69, 9.17) is 15.9 Å². The van der Waals surface area contributed by atoms with Crippen LogP contribution < -0.4 is 16.1 Å². The first-order valence-corrected chi connectivity index (χ1v) is 9.62. The number of hydroxylamine groups is 1. The number of carbonyl (C=O) groups excluding carboxylic acids is 1. The molecule has 0 spiro atoms. The number of anilines is 1. The Bertz CT molecular complexity index is 1100. The summed E-state index contributed by atoms with van der Waals surface area (Å²) in [6, 6.07) is 14.8. The lowest BCUT2D eigenvalue weighted by Crippen LogP contribution is -2.27. The second kappa shape index (κ2) is 8.74. The Balaban J connectivity index is 1.64. The first kappa shape index (κ1) is 19.6. The third-order valence-electron chi connectivity index (χ3n) is 4.92. The molecule has 0 saturated carbocycles. The molecule has 2 aromatic heterocycles. The molecule has 3 heterocycles. The molecular weight excluding hydrogens is 378 g/mol. The lowest BCUT2D eigenvalue weighted by molar-refractivity contribution is 0.0706. The zero-order valence-corrected chi connectivity index (χ0v) is 16.2. The van der Waals surface area contributed by atoms with Crippen LogP contribution in [0.4, 0.5) is 5.82 Å². The lowest BCUT2D eigenvalue weighted by atomic mass is 10.1. The predicted molar refractivity (Wildman–Crippen MR) is 114 cm³/mol. The number of hydrogen-bond acceptors (Lipinski definition) is 6. The van der Waals surface area contributed by atoms with Crippen LogP contribution in [0, 0.1) is 11.8 Å². The summed E-state index contributed by atoms with van der Waals surface area (Å²) < 4.78 is 0. The van der Waals surface area contributed by atoms with Crippen LogP contribution >= 0.6 is 0 Å². The third kappa shape index (κ3) is 4.46. The zero-order valence-electron chi connectivity index (χ0n) is 16.2. The Morgan fingerprint density at radius 1 is 1.17 bits per heavy atom. The van der Waals surface area contributed by atoms with E-state index in [0.717, 1.165) is 29.7 Å². The number of benzene rings is 1. The normalized spacial score (nSPS) is 15.4. The highest BCUT2D eigenvalue weighted by Gasteiger charge is 2.22. The first-order chi connectivity index (χ1) is 14.6. The van der Waals surface area contributed by atoms with E-state index in [1.807, 2.05) is 36.4 Å². The van der Waals surface area contributed by atoms with Gasteiger partial charge in [0.2, 0.25) is 0 Å². The van der Waals surface area contributed by atoms with Crippen molar-refractivity contribution in [3.8, 4) is 23.1 Å². The number of aromatic nitrogens is 2. The van der Waals surface area contributed by atoms with Crippen molar-refractivity contribution in [2.24, 2.45) is 5.73 Å². The van der Waals surface area contributed by atoms with Gasteiger partial charge in [-0.05, 0) is 42.8 Å². The van der Waals surface area contributed by atoms with E-state index < -0.39 is 5.91 Å². The maximum absolute atomic E-state index is 12.0. The van der Waals surface area contributed by atoms with Crippen molar-refractivity contribution in [3.63, 3.8) is 0 Å². The monoisotopic (exact) mass is 399 g/mol. The van der Waals surface area contributed by atoms with Gasteiger partial charge in [0, 0.05) is 53.8 Å². The highest BCUT2D eigenvalue weighted by Crippen LogP contribution is 2.25. The molecule has 0 bridgehead atoms. The summed E-state index contributed by atoms with van der Waals surface area (Å²) in [5.41, 5.74) is 11.2. The van der Waals surface area contributed by atoms with Crippen LogP contribution in [0.25, 0.3) is 11.3 Å². The number of rotatable bonds is 3. The van der Waals surface area contributed by atoms with E-state index in [-0.39, 0.29) is 6.04 Å². The number of nitrogens with zero attached hydrogens (tertiary/aromatic N) is 3.